The minimum Gasteiger partial charge on any atom is -0.493 e. The first-order chi connectivity index (χ1) is 59.2. The number of aliphatic imine (C=N–C) groups is 2. The van der Waals surface area contributed by atoms with E-state index in [0.717, 1.165) is 71.2 Å². The standard InChI is InChI=1S/C86H97N7O26S4/c1-93(2,45-52-30-53(47-113-73-38-66-63(36-71(73)108-3)83(100)91-42-56-19-28-120-77(56)34-58(91)40-88-66)32-54(31-52)48-114-74-39-67-64(37-72(74)109-4)84(101)92-43-57-20-29-121-78(57)35-59(92)41-89-67)44-51-13-16-60(17-14-51)118-123(106,107)119-75-33-55(15-18-70(75)116-85-81(98)80(97)79(96)76(46-94)117-85)82(99)87-21-23-111-25-27-112-26-24-110-22-9-12-69(95)68(50-122(103,104)105)90-86(102)115-49-65-61-10-7-5-6-8-11-62(61)65/h13-20,28-33,36-41,58-59,61-62,65,68,76,79-81,85,94,96-98H,7-12,21-27,34-35,42-50H2,1-4H3,(H2-,87,90,99,102,103,104,105)/p+1/t58-,59-,61-,62+,65?,68+,76+,79-,80-,81+,85?/m0/s1. The van der Waals surface area contributed by atoms with E-state index >= 15 is 0 Å². The molecule has 5 aromatic carbocycles. The number of ether oxygens (including phenoxy) is 10. The molecule has 1 saturated heterocycles. The predicted octanol–water partition coefficient (Wildman–Crippen LogP) is 7.76. The summed E-state index contributed by atoms with van der Waals surface area (Å²) in [5.74, 6) is 4.73. The van der Waals surface area contributed by atoms with Crippen LogP contribution in [-0.4, -0.2) is 240 Å². The third-order valence-electron chi connectivity index (χ3n) is 22.3. The van der Waals surface area contributed by atoms with Gasteiger partial charge in [-0.05, 0) is 155 Å². The molecule has 2 aromatic heterocycles. The molecule has 0 radical (unpaired) electrons. The number of quaternary nitrogens is 1. The van der Waals surface area contributed by atoms with Crippen LogP contribution in [0, 0.1) is 29.6 Å². The number of carbonyl (C=O) groups excluding carboxylic acids is 5. The summed E-state index contributed by atoms with van der Waals surface area (Å²) in [4.78, 5) is 83.5. The molecule has 0 spiro atoms. The van der Waals surface area contributed by atoms with Crippen LogP contribution >= 0.6 is 22.7 Å². The van der Waals surface area contributed by atoms with Crippen molar-refractivity contribution in [1.29, 1.82) is 0 Å². The first-order valence-electron chi connectivity index (χ1n) is 40.3. The molecule has 1 saturated carbocycles. The molecule has 33 nitrogen and oxygen atoms in total. The second kappa shape index (κ2) is 39.8. The smallest absolute Gasteiger partial charge is 0.493 e. The number of fused-ring (bicyclic) bond motifs is 7. The zero-order valence-electron chi connectivity index (χ0n) is 68.0. The number of thiophene rings is 2. The van der Waals surface area contributed by atoms with Gasteiger partial charge in [-0.15, -0.1) is 42.9 Å². The van der Waals surface area contributed by atoms with Crippen LogP contribution in [0.2, 0.25) is 0 Å². The molecule has 2 aliphatic carbocycles. The minimum atomic E-state index is -5.11. The lowest BCUT2D eigenvalue weighted by atomic mass is 9.99. The number of ketones is 1. The van der Waals surface area contributed by atoms with Crippen molar-refractivity contribution in [3.63, 3.8) is 0 Å². The van der Waals surface area contributed by atoms with Crippen LogP contribution in [0.15, 0.2) is 118 Å². The quantitative estimate of drug-likeness (QED) is 0.00837. The Kier molecular flexibility index (Phi) is 28.8. The summed E-state index contributed by atoms with van der Waals surface area (Å²) >= 11 is 3.34. The highest BCUT2D eigenvalue weighted by atomic mass is 32.3. The molecule has 2 fully saturated rings. The number of amides is 4. The Hall–Kier alpha value is -10.2. The van der Waals surface area contributed by atoms with E-state index in [1.165, 1.54) is 42.2 Å². The van der Waals surface area contributed by atoms with Crippen molar-refractivity contribution in [2.75, 3.05) is 93.5 Å². The fraction of sp³-hybridized carbons (Fsp3) is 0.453. The van der Waals surface area contributed by atoms with E-state index in [-0.39, 0.29) is 120 Å². The number of methoxy groups -OCH3 is 2. The van der Waals surface area contributed by atoms with E-state index < -0.39 is 98.9 Å². The first kappa shape index (κ1) is 89.1. The number of nitrogens with zero attached hydrogens (tertiary/aromatic N) is 5. The highest BCUT2D eigenvalue weighted by molar-refractivity contribution is 7.85. The van der Waals surface area contributed by atoms with Gasteiger partial charge in [0.2, 0.25) is 6.29 Å². The van der Waals surface area contributed by atoms with Gasteiger partial charge in [-0.1, -0.05) is 0 Å². The molecule has 37 heteroatoms. The van der Waals surface area contributed by atoms with Gasteiger partial charge in [0.05, 0.1) is 109 Å². The number of Topliss-reactive ketones (excluding diaryl/α,β-unsaturated/α-hetero) is 1. The number of rotatable bonds is 39. The third kappa shape index (κ3) is 22.7. The first-order valence-corrected chi connectivity index (χ1v) is 45.0. The lowest BCUT2D eigenvalue weighted by molar-refractivity contribution is -0.916. The van der Waals surface area contributed by atoms with Crippen molar-refractivity contribution in [2.24, 2.45) is 27.7 Å². The van der Waals surface area contributed by atoms with Crippen LogP contribution in [0.5, 0.6) is 40.2 Å². The van der Waals surface area contributed by atoms with Gasteiger partial charge in [0.1, 0.15) is 68.3 Å². The number of carbonyl (C=O) groups is 5. The molecule has 7 N–H and O–H groups in total. The lowest BCUT2D eigenvalue weighted by Crippen LogP contribution is -2.60. The van der Waals surface area contributed by atoms with Crippen molar-refractivity contribution in [1.82, 2.24) is 20.4 Å². The molecule has 2 unspecified atom stereocenters. The normalized spacial score (nSPS) is 21.5. The van der Waals surface area contributed by atoms with Gasteiger partial charge in [-0.3, -0.25) is 33.7 Å². The van der Waals surface area contributed by atoms with Gasteiger partial charge in [0, 0.05) is 109 Å². The summed E-state index contributed by atoms with van der Waals surface area (Å²) in [5.41, 5.74) is 6.96. The number of nitrogens with one attached hydrogen (secondary N) is 2. The maximum absolute atomic E-state index is 14.2. The molecule has 123 heavy (non-hydrogen) atoms. The van der Waals surface area contributed by atoms with Crippen molar-refractivity contribution >= 4 is 96.6 Å². The van der Waals surface area contributed by atoms with E-state index in [1.54, 1.807) is 59.1 Å². The molecule has 7 heterocycles. The van der Waals surface area contributed by atoms with Crippen molar-refractivity contribution < 1.29 is 126 Å². The molecule has 14 rings (SSSR count). The lowest BCUT2D eigenvalue weighted by Gasteiger charge is -2.39. The Labute approximate surface area is 719 Å². The number of benzene rings is 5. The van der Waals surface area contributed by atoms with E-state index in [2.05, 4.69) is 34.6 Å². The predicted molar refractivity (Wildman–Crippen MR) is 448 cm³/mol. The molecular weight excluding hydrogens is 1680 g/mol. The SMILES string of the molecule is COc1cc2c(cc1OCc1cc(COc3cc4c(cc3OC)C(=O)N3Cc5ccsc5C[C@H]3C=N4)cc(C[N+](C)(C)Cc3ccc(OS(=O)(=O)Oc4cc(C(=O)NCCOCCOCCOCCCC(=O)[C@@H](CS(=O)(=O)O)NC(=O)OCC5[C@H]6CCC#CCC[C@@H]56)ccc4OC4O[C@H](CO)[C@H](O)[C@H](O)[C@H]4O)cc3)c1)N=C[C@@H]1Cc3sccc3CN1C2=O. The van der Waals surface area contributed by atoms with Gasteiger partial charge < -0.3 is 101 Å². The van der Waals surface area contributed by atoms with Crippen LogP contribution in [0.1, 0.15) is 113 Å². The van der Waals surface area contributed by atoms with Gasteiger partial charge >= 0.3 is 16.5 Å². The zero-order valence-corrected chi connectivity index (χ0v) is 71.3. The van der Waals surface area contributed by atoms with Gasteiger partial charge in [-0.25, -0.2) is 4.79 Å². The Bertz CT molecular complexity index is 5200. The van der Waals surface area contributed by atoms with Gasteiger partial charge in [-0.2, -0.15) is 8.42 Å². The fourth-order valence-corrected chi connectivity index (χ4v) is 19.4. The minimum absolute atomic E-state index is 0.00523. The summed E-state index contributed by atoms with van der Waals surface area (Å²) in [5, 5.41) is 50.9. The third-order valence-corrected chi connectivity index (χ3v) is 25.8. The maximum atomic E-state index is 14.2. The van der Waals surface area contributed by atoms with Crippen molar-refractivity contribution in [3.05, 3.63) is 168 Å². The molecule has 656 valence electrons. The topological polar surface area (TPSA) is 421 Å². The number of alkyl carbamates (subject to hydrolysis) is 1. The molecule has 7 aliphatic rings. The van der Waals surface area contributed by atoms with Crippen molar-refractivity contribution in [2.45, 2.75) is 140 Å². The summed E-state index contributed by atoms with van der Waals surface area (Å²) in [6, 6.07) is 24.6. The Morgan fingerprint density at radius 2 is 1.20 bits per heavy atom. The highest BCUT2D eigenvalue weighted by Crippen LogP contribution is 2.53. The second-order valence-corrected chi connectivity index (χ2v) is 36.2. The van der Waals surface area contributed by atoms with E-state index in [4.69, 9.17) is 65.7 Å². The molecular formula is C86H98N7O26S4+. The van der Waals surface area contributed by atoms with Gasteiger partial charge in [0.25, 0.3) is 27.8 Å². The Balaban J connectivity index is 0.586. The zero-order chi connectivity index (χ0) is 86.7. The monoisotopic (exact) mass is 1770 g/mol. The average molecular weight is 1770 g/mol. The Morgan fingerprint density at radius 3 is 1.77 bits per heavy atom. The molecule has 0 bridgehead atoms. The van der Waals surface area contributed by atoms with Crippen LogP contribution in [-0.2, 0) is 101 Å². The maximum Gasteiger partial charge on any atom is 0.501 e. The summed E-state index contributed by atoms with van der Waals surface area (Å²) in [6.45, 7) is 1.76. The highest BCUT2D eigenvalue weighted by Gasteiger charge is 2.50. The Morgan fingerprint density at radius 1 is 0.642 bits per heavy atom. The number of hydrogen-bond donors (Lipinski definition) is 7. The number of aliphatic hydroxyl groups excluding tert-OH is 4. The van der Waals surface area contributed by atoms with Crippen LogP contribution < -0.4 is 42.7 Å². The molecule has 11 atom stereocenters. The summed E-state index contributed by atoms with van der Waals surface area (Å²) in [6.07, 6.45) is -1.35. The number of aliphatic hydroxyl groups is 4. The average Bonchev–Trinajstić information content (AvgIpc) is 1.65. The molecule has 7 aromatic rings. The largest absolute Gasteiger partial charge is 0.501 e. The van der Waals surface area contributed by atoms with E-state index in [9.17, 15) is 65.8 Å². The molecule has 5 aliphatic heterocycles. The second-order valence-electron chi connectivity index (χ2n) is 31.6. The van der Waals surface area contributed by atoms with Crippen LogP contribution in [0.4, 0.5) is 16.2 Å². The molecule has 4 amide bonds. The summed E-state index contributed by atoms with van der Waals surface area (Å²) in [7, 11) is -2.67. The van der Waals surface area contributed by atoms with E-state index in [1.807, 2.05) is 65.3 Å². The van der Waals surface area contributed by atoms with Crippen molar-refractivity contribution in [3.8, 4) is 52.1 Å². The van der Waals surface area contributed by atoms with E-state index in [0.29, 0.717) is 101 Å². The van der Waals surface area contributed by atoms with Gasteiger partial charge in [0.15, 0.2) is 40.3 Å². The van der Waals surface area contributed by atoms with Crippen LogP contribution in [0.3, 0.4) is 0 Å². The summed E-state index contributed by atoms with van der Waals surface area (Å²) < 4.78 is 131. The van der Waals surface area contributed by atoms with Crippen LogP contribution in [0.25, 0.3) is 0 Å². The number of hydrogen-bond acceptors (Lipinski definition) is 29. The fourth-order valence-electron chi connectivity index (χ4n) is 16.1.